The van der Waals surface area contributed by atoms with E-state index in [9.17, 15) is 28.1 Å². The molecule has 1 amide bonds. The van der Waals surface area contributed by atoms with Gasteiger partial charge in [0.15, 0.2) is 0 Å². The Bertz CT molecular complexity index is 868. The van der Waals surface area contributed by atoms with Gasteiger partial charge in [-0.3, -0.25) is 14.9 Å². The van der Waals surface area contributed by atoms with Crippen LogP contribution in [0, 0.1) is 10.1 Å². The third kappa shape index (κ3) is 5.81. The highest BCUT2D eigenvalue weighted by molar-refractivity contribution is 7.98. The van der Waals surface area contributed by atoms with Crippen LogP contribution in [0.15, 0.2) is 52.5 Å². The van der Waals surface area contributed by atoms with Crippen molar-refractivity contribution in [3.05, 3.63) is 69.3 Å². The predicted octanol–water partition coefficient (Wildman–Crippen LogP) is 4.03. The van der Waals surface area contributed by atoms with Crippen LogP contribution in [0.2, 0.25) is 0 Å². The molecule has 27 heavy (non-hydrogen) atoms. The molecular formula is C17H14F3N3O3S. The number of halogens is 3. The SMILES string of the molecule is CSc1ccc(C=NNC(=O)Cc2ccc(C(F)(F)F)cc2[N+](=O)[O-])cc1. The molecule has 0 unspecified atom stereocenters. The summed E-state index contributed by atoms with van der Waals surface area (Å²) < 4.78 is 38.0. The number of carbonyl (C=O) groups excluding carboxylic acids is 1. The van der Waals surface area contributed by atoms with Gasteiger partial charge in [0.05, 0.1) is 23.1 Å². The molecule has 0 saturated heterocycles. The highest BCUT2D eigenvalue weighted by Crippen LogP contribution is 2.33. The molecular weight excluding hydrogens is 383 g/mol. The zero-order chi connectivity index (χ0) is 20.0. The van der Waals surface area contributed by atoms with E-state index < -0.39 is 34.7 Å². The van der Waals surface area contributed by atoms with Crippen molar-refractivity contribution in [3.63, 3.8) is 0 Å². The van der Waals surface area contributed by atoms with Crippen LogP contribution < -0.4 is 5.43 Å². The first-order chi connectivity index (χ1) is 12.7. The third-order valence-corrected chi connectivity index (χ3v) is 4.22. The van der Waals surface area contributed by atoms with Gasteiger partial charge in [0.1, 0.15) is 0 Å². The van der Waals surface area contributed by atoms with Gasteiger partial charge in [-0.25, -0.2) is 5.43 Å². The van der Waals surface area contributed by atoms with E-state index in [0.717, 1.165) is 16.5 Å². The minimum absolute atomic E-state index is 0.134. The zero-order valence-corrected chi connectivity index (χ0v) is 14.8. The third-order valence-electron chi connectivity index (χ3n) is 3.48. The Labute approximate surface area is 156 Å². The van der Waals surface area contributed by atoms with Crippen molar-refractivity contribution < 1.29 is 22.9 Å². The van der Waals surface area contributed by atoms with Crippen LogP contribution in [0.5, 0.6) is 0 Å². The summed E-state index contributed by atoms with van der Waals surface area (Å²) >= 11 is 1.57. The van der Waals surface area contributed by atoms with Crippen molar-refractivity contribution in [1.82, 2.24) is 5.43 Å². The number of nitrogens with zero attached hydrogens (tertiary/aromatic N) is 2. The summed E-state index contributed by atoms with van der Waals surface area (Å²) in [5.41, 5.74) is 0.881. The van der Waals surface area contributed by atoms with E-state index in [4.69, 9.17) is 0 Å². The van der Waals surface area contributed by atoms with E-state index in [1.807, 2.05) is 18.4 Å². The molecule has 6 nitrogen and oxygen atoms in total. The van der Waals surface area contributed by atoms with E-state index in [2.05, 4.69) is 10.5 Å². The number of amides is 1. The molecule has 0 saturated carbocycles. The normalized spacial score (nSPS) is 11.6. The second kappa shape index (κ2) is 8.67. The summed E-state index contributed by atoms with van der Waals surface area (Å²) in [4.78, 5) is 23.0. The number of nitro groups is 1. The molecule has 10 heteroatoms. The second-order valence-corrected chi connectivity index (χ2v) is 6.22. The first-order valence-electron chi connectivity index (χ1n) is 7.51. The fourth-order valence-corrected chi connectivity index (χ4v) is 2.55. The monoisotopic (exact) mass is 397 g/mol. The number of nitrogens with one attached hydrogen (secondary N) is 1. The molecule has 0 heterocycles. The smallest absolute Gasteiger partial charge is 0.273 e. The number of thioether (sulfide) groups is 1. The maximum absolute atomic E-state index is 12.7. The van der Waals surface area contributed by atoms with Gasteiger partial charge in [-0.2, -0.15) is 18.3 Å². The van der Waals surface area contributed by atoms with Gasteiger partial charge >= 0.3 is 6.18 Å². The standard InChI is InChI=1S/C17H14F3N3O3S/c1-27-14-6-2-11(3-7-14)10-21-22-16(24)8-12-4-5-13(17(18,19)20)9-15(12)23(25)26/h2-7,9-10H,8H2,1H3,(H,22,24). The van der Waals surface area contributed by atoms with Crippen LogP contribution in [0.1, 0.15) is 16.7 Å². The molecule has 2 aromatic rings. The topological polar surface area (TPSA) is 84.6 Å². The minimum Gasteiger partial charge on any atom is -0.273 e. The Hall–Kier alpha value is -2.88. The number of hydrogen-bond acceptors (Lipinski definition) is 5. The van der Waals surface area contributed by atoms with Gasteiger partial charge in [-0.15, -0.1) is 11.8 Å². The summed E-state index contributed by atoms with van der Waals surface area (Å²) in [7, 11) is 0. The number of rotatable bonds is 6. The van der Waals surface area contributed by atoms with E-state index >= 15 is 0 Å². The highest BCUT2D eigenvalue weighted by Gasteiger charge is 2.33. The van der Waals surface area contributed by atoms with Crippen LogP contribution in [-0.4, -0.2) is 23.3 Å². The molecule has 0 aliphatic rings. The quantitative estimate of drug-likeness (QED) is 0.345. The molecule has 2 rings (SSSR count). The molecule has 0 atom stereocenters. The summed E-state index contributed by atoms with van der Waals surface area (Å²) in [6.07, 6.45) is -1.86. The molecule has 142 valence electrons. The van der Waals surface area contributed by atoms with E-state index in [1.165, 1.54) is 6.21 Å². The first kappa shape index (κ1) is 20.4. The second-order valence-electron chi connectivity index (χ2n) is 5.34. The molecule has 0 spiro atoms. The van der Waals surface area contributed by atoms with Crippen molar-refractivity contribution in [2.75, 3.05) is 6.26 Å². The number of benzene rings is 2. The minimum atomic E-state index is -4.71. The van der Waals surface area contributed by atoms with Crippen molar-refractivity contribution in [2.45, 2.75) is 17.5 Å². The summed E-state index contributed by atoms with van der Waals surface area (Å²) in [6, 6.07) is 9.37. The number of nitro benzene ring substituents is 1. The molecule has 0 bridgehead atoms. The molecule has 0 fully saturated rings. The van der Waals surface area contributed by atoms with Crippen molar-refractivity contribution in [3.8, 4) is 0 Å². The van der Waals surface area contributed by atoms with Gasteiger partial charge in [-0.05, 0) is 30.0 Å². The molecule has 2 aromatic carbocycles. The van der Waals surface area contributed by atoms with Crippen LogP contribution in [0.4, 0.5) is 18.9 Å². The molecule has 0 radical (unpaired) electrons. The van der Waals surface area contributed by atoms with Crippen LogP contribution >= 0.6 is 11.8 Å². The highest BCUT2D eigenvalue weighted by atomic mass is 32.2. The Morgan fingerprint density at radius 1 is 1.26 bits per heavy atom. The molecule has 0 aromatic heterocycles. The maximum atomic E-state index is 12.7. The lowest BCUT2D eigenvalue weighted by molar-refractivity contribution is -0.385. The molecule has 0 aliphatic carbocycles. The lowest BCUT2D eigenvalue weighted by Crippen LogP contribution is -2.20. The molecule has 0 aliphatic heterocycles. The van der Waals surface area contributed by atoms with Gasteiger partial charge in [0, 0.05) is 16.5 Å². The fourth-order valence-electron chi connectivity index (χ4n) is 2.14. The van der Waals surface area contributed by atoms with E-state index in [-0.39, 0.29) is 5.56 Å². The number of hydrazone groups is 1. The van der Waals surface area contributed by atoms with Gasteiger partial charge < -0.3 is 0 Å². The Morgan fingerprint density at radius 3 is 2.48 bits per heavy atom. The van der Waals surface area contributed by atoms with E-state index in [1.54, 1.807) is 23.9 Å². The maximum Gasteiger partial charge on any atom is 0.416 e. The number of hydrogen-bond donors (Lipinski definition) is 1. The first-order valence-corrected chi connectivity index (χ1v) is 8.73. The summed E-state index contributed by atoms with van der Waals surface area (Å²) in [6.45, 7) is 0. The summed E-state index contributed by atoms with van der Waals surface area (Å²) in [5.74, 6) is -0.685. The van der Waals surface area contributed by atoms with Crippen molar-refractivity contribution in [1.29, 1.82) is 0 Å². The van der Waals surface area contributed by atoms with Crippen LogP contribution in [0.25, 0.3) is 0 Å². The van der Waals surface area contributed by atoms with Crippen LogP contribution in [-0.2, 0) is 17.4 Å². The van der Waals surface area contributed by atoms with Crippen LogP contribution in [0.3, 0.4) is 0 Å². The van der Waals surface area contributed by atoms with E-state index in [0.29, 0.717) is 12.1 Å². The lowest BCUT2D eigenvalue weighted by atomic mass is 10.1. The van der Waals surface area contributed by atoms with Gasteiger partial charge in [-0.1, -0.05) is 18.2 Å². The Morgan fingerprint density at radius 2 is 1.93 bits per heavy atom. The van der Waals surface area contributed by atoms with Gasteiger partial charge in [0.25, 0.3) is 5.69 Å². The Balaban J connectivity index is 2.06. The average molecular weight is 397 g/mol. The molecule has 1 N–H and O–H groups in total. The number of alkyl halides is 3. The fraction of sp³-hybridized carbons (Fsp3) is 0.176. The van der Waals surface area contributed by atoms with Crippen molar-refractivity contribution in [2.24, 2.45) is 5.10 Å². The predicted molar refractivity (Wildman–Crippen MR) is 95.8 cm³/mol. The van der Waals surface area contributed by atoms with Gasteiger partial charge in [0.2, 0.25) is 5.91 Å². The lowest BCUT2D eigenvalue weighted by Gasteiger charge is -2.08. The Kier molecular flexibility index (Phi) is 6.56. The average Bonchev–Trinajstić information content (AvgIpc) is 2.61. The number of carbonyl (C=O) groups is 1. The van der Waals surface area contributed by atoms with Crippen molar-refractivity contribution >= 4 is 29.6 Å². The summed E-state index contributed by atoms with van der Waals surface area (Å²) in [5, 5.41) is 14.8. The largest absolute Gasteiger partial charge is 0.416 e. The zero-order valence-electron chi connectivity index (χ0n) is 14.0.